The summed E-state index contributed by atoms with van der Waals surface area (Å²) in [6.07, 6.45) is 5.02. The fourth-order valence-electron chi connectivity index (χ4n) is 2.75. The number of hydrogen-bond donors (Lipinski definition) is 3. The molecule has 3 heterocycles. The molecule has 1 aliphatic carbocycles. The molecule has 0 aliphatic heterocycles. The lowest BCUT2D eigenvalue weighted by Gasteiger charge is -2.05. The van der Waals surface area contributed by atoms with Crippen LogP contribution in [0.2, 0.25) is 10.0 Å². The van der Waals surface area contributed by atoms with Gasteiger partial charge in [-0.3, -0.25) is 4.98 Å². The second kappa shape index (κ2) is 7.15. The molecule has 0 bridgehead atoms. The van der Waals surface area contributed by atoms with Crippen LogP contribution in [0.3, 0.4) is 0 Å². The van der Waals surface area contributed by atoms with E-state index in [1.807, 2.05) is 0 Å². The highest BCUT2D eigenvalue weighted by atomic mass is 35.5. The van der Waals surface area contributed by atoms with Gasteiger partial charge in [-0.25, -0.2) is 9.79 Å². The molecule has 0 spiro atoms. The summed E-state index contributed by atoms with van der Waals surface area (Å²) in [6, 6.07) is 5.04. The maximum absolute atomic E-state index is 11.4. The molecule has 1 aliphatic rings. The van der Waals surface area contributed by atoms with Gasteiger partial charge in [0.1, 0.15) is 11.4 Å². The molecule has 30 heavy (non-hydrogen) atoms. The number of ether oxygens (including phenoxy) is 1. The quantitative estimate of drug-likeness (QED) is 0.436. The minimum atomic E-state index is -0.530. The number of halogens is 2. The fraction of sp³-hybridized carbons (Fsp3) is 0.167. The number of hydrogen-bond acceptors (Lipinski definition) is 7. The smallest absolute Gasteiger partial charge is 0.327 e. The molecule has 0 saturated heterocycles. The maximum atomic E-state index is 11.4. The van der Waals surface area contributed by atoms with Gasteiger partial charge in [0.15, 0.2) is 5.65 Å². The predicted octanol–water partition coefficient (Wildman–Crippen LogP) is 1.56. The Labute approximate surface area is 177 Å². The summed E-state index contributed by atoms with van der Waals surface area (Å²) in [5.74, 6) is 0.118. The van der Waals surface area contributed by atoms with Gasteiger partial charge in [-0.05, 0) is 31.1 Å². The molecule has 1 saturated carbocycles. The number of nitrogens with zero attached hydrogens (tertiary/aromatic N) is 5. The number of H-pyrrole nitrogens is 2. The molecular weight excluding hydrogens is 433 g/mol. The van der Waals surface area contributed by atoms with E-state index in [9.17, 15) is 9.90 Å². The second-order valence-electron chi connectivity index (χ2n) is 6.67. The van der Waals surface area contributed by atoms with Crippen LogP contribution in [0.25, 0.3) is 11.7 Å². The number of aromatic amines is 2. The van der Waals surface area contributed by atoms with Crippen molar-refractivity contribution < 1.29 is 9.84 Å². The number of aromatic hydroxyl groups is 1. The Morgan fingerprint density at radius 2 is 2.07 bits per heavy atom. The topological polar surface area (TPSA) is 134 Å². The van der Waals surface area contributed by atoms with Gasteiger partial charge in [0, 0.05) is 11.3 Å². The first-order chi connectivity index (χ1) is 14.5. The van der Waals surface area contributed by atoms with Crippen LogP contribution in [-0.2, 0) is 0 Å². The zero-order valence-corrected chi connectivity index (χ0v) is 16.6. The molecule has 4 aromatic rings. The predicted molar refractivity (Wildman–Crippen MR) is 108 cm³/mol. The van der Waals surface area contributed by atoms with Crippen LogP contribution >= 0.6 is 23.2 Å². The van der Waals surface area contributed by atoms with E-state index in [0.29, 0.717) is 32.3 Å². The summed E-state index contributed by atoms with van der Waals surface area (Å²) in [5.41, 5.74) is 0.393. The average molecular weight is 446 g/mol. The van der Waals surface area contributed by atoms with Gasteiger partial charge in [-0.1, -0.05) is 23.2 Å². The first-order valence-electron chi connectivity index (χ1n) is 8.92. The largest absolute Gasteiger partial charge is 0.493 e. The first-order valence-corrected chi connectivity index (χ1v) is 9.67. The number of imidazole rings is 1. The Morgan fingerprint density at radius 3 is 2.77 bits per heavy atom. The Hall–Kier alpha value is -3.37. The third kappa shape index (κ3) is 3.62. The van der Waals surface area contributed by atoms with Crippen LogP contribution in [0.15, 0.2) is 34.2 Å². The van der Waals surface area contributed by atoms with Crippen molar-refractivity contribution in [3.63, 3.8) is 0 Å². The molecule has 10 nitrogen and oxygen atoms in total. The van der Waals surface area contributed by atoms with Crippen molar-refractivity contribution in [2.24, 2.45) is 4.99 Å². The summed E-state index contributed by atoms with van der Waals surface area (Å²) < 4.78 is 7.25. The van der Waals surface area contributed by atoms with E-state index in [1.54, 1.807) is 18.2 Å². The van der Waals surface area contributed by atoms with Crippen molar-refractivity contribution in [3.05, 3.63) is 61.5 Å². The molecule has 3 N–H and O–H groups in total. The molecule has 3 aromatic heterocycles. The SMILES string of the molecule is O=c1[nH]c(O)c(/C=c2/cnn3c(=NC4CC4)nc(Oc4ccc(Cl)c(Cl)c4)nc23)[nH]1. The summed E-state index contributed by atoms with van der Waals surface area (Å²) in [7, 11) is 0. The van der Waals surface area contributed by atoms with Crippen LogP contribution < -0.4 is 21.3 Å². The fourth-order valence-corrected chi connectivity index (χ4v) is 3.04. The zero-order valence-electron chi connectivity index (χ0n) is 15.1. The summed E-state index contributed by atoms with van der Waals surface area (Å²) in [4.78, 5) is 29.5. The molecule has 152 valence electrons. The second-order valence-corrected chi connectivity index (χ2v) is 7.48. The van der Waals surface area contributed by atoms with E-state index in [2.05, 4.69) is 30.0 Å². The lowest BCUT2D eigenvalue weighted by molar-refractivity contribution is 0.435. The van der Waals surface area contributed by atoms with Gasteiger partial charge < -0.3 is 14.8 Å². The molecule has 0 unspecified atom stereocenters. The first kappa shape index (κ1) is 18.6. The van der Waals surface area contributed by atoms with Crippen molar-refractivity contribution in [2.45, 2.75) is 18.9 Å². The standard InChI is InChI=1S/C18H13Cl2N7O3/c19-11-4-3-10(6-12(11)20)30-18-24-14-8(5-13-15(28)25-17(29)23-13)7-21-27(14)16(26-18)22-9-1-2-9/h3-7,9,28H,1-2H2,(H2,23,25,29)/b8-5-,22-16?. The van der Waals surface area contributed by atoms with Gasteiger partial charge in [0.2, 0.25) is 5.88 Å². The average Bonchev–Trinajstić information content (AvgIpc) is 3.34. The monoisotopic (exact) mass is 445 g/mol. The lowest BCUT2D eigenvalue weighted by Crippen LogP contribution is -2.23. The summed E-state index contributed by atoms with van der Waals surface area (Å²) in [5, 5.41) is 15.4. The van der Waals surface area contributed by atoms with Gasteiger partial charge in [-0.15, -0.1) is 0 Å². The Kier molecular flexibility index (Phi) is 4.44. The van der Waals surface area contributed by atoms with Crippen molar-refractivity contribution in [2.75, 3.05) is 0 Å². The van der Waals surface area contributed by atoms with Crippen LogP contribution in [0, 0.1) is 0 Å². The van der Waals surface area contributed by atoms with E-state index in [4.69, 9.17) is 27.9 Å². The van der Waals surface area contributed by atoms with E-state index >= 15 is 0 Å². The van der Waals surface area contributed by atoms with E-state index in [0.717, 1.165) is 12.8 Å². The Balaban J connectivity index is 1.67. The maximum Gasteiger partial charge on any atom is 0.327 e. The summed E-state index contributed by atoms with van der Waals surface area (Å²) >= 11 is 12.0. The highest BCUT2D eigenvalue weighted by Gasteiger charge is 2.21. The molecule has 0 atom stereocenters. The highest BCUT2D eigenvalue weighted by molar-refractivity contribution is 6.42. The lowest BCUT2D eigenvalue weighted by atomic mass is 10.3. The Morgan fingerprint density at radius 1 is 1.23 bits per heavy atom. The van der Waals surface area contributed by atoms with Crippen LogP contribution in [-0.4, -0.2) is 40.7 Å². The molecule has 5 rings (SSSR count). The number of aromatic nitrogens is 6. The minimum Gasteiger partial charge on any atom is -0.493 e. The number of nitrogens with one attached hydrogen (secondary N) is 2. The zero-order chi connectivity index (χ0) is 20.8. The van der Waals surface area contributed by atoms with E-state index in [-0.39, 0.29) is 23.6 Å². The number of fused-ring (bicyclic) bond motifs is 1. The van der Waals surface area contributed by atoms with Crippen molar-refractivity contribution in [3.8, 4) is 17.6 Å². The third-order valence-corrected chi connectivity index (χ3v) is 5.08. The van der Waals surface area contributed by atoms with Crippen molar-refractivity contribution in [1.82, 2.24) is 29.5 Å². The highest BCUT2D eigenvalue weighted by Crippen LogP contribution is 2.28. The minimum absolute atomic E-state index is 0.0437. The Bertz CT molecular complexity index is 1450. The molecule has 1 fully saturated rings. The van der Waals surface area contributed by atoms with E-state index < -0.39 is 5.69 Å². The van der Waals surface area contributed by atoms with Crippen LogP contribution in [0.1, 0.15) is 18.5 Å². The van der Waals surface area contributed by atoms with Crippen molar-refractivity contribution in [1.29, 1.82) is 0 Å². The van der Waals surface area contributed by atoms with Crippen LogP contribution in [0.5, 0.6) is 17.6 Å². The van der Waals surface area contributed by atoms with Crippen molar-refractivity contribution >= 4 is 34.9 Å². The molecule has 0 amide bonds. The number of benzene rings is 1. The third-order valence-electron chi connectivity index (χ3n) is 4.34. The molecule has 12 heteroatoms. The molecule has 1 aromatic carbocycles. The van der Waals surface area contributed by atoms with Gasteiger partial charge in [0.25, 0.3) is 5.62 Å². The van der Waals surface area contributed by atoms with E-state index in [1.165, 1.54) is 16.8 Å². The molecular formula is C18H13Cl2N7O3. The summed E-state index contributed by atoms with van der Waals surface area (Å²) in [6.45, 7) is 0. The van der Waals surface area contributed by atoms with Gasteiger partial charge >= 0.3 is 11.7 Å². The molecule has 0 radical (unpaired) electrons. The number of rotatable bonds is 4. The van der Waals surface area contributed by atoms with Crippen LogP contribution in [0.4, 0.5) is 0 Å². The normalized spacial score (nSPS) is 15.3. The van der Waals surface area contributed by atoms with Gasteiger partial charge in [-0.2, -0.15) is 19.6 Å². The van der Waals surface area contributed by atoms with Gasteiger partial charge in [0.05, 0.1) is 22.3 Å².